The van der Waals surface area contributed by atoms with Gasteiger partial charge in [-0.1, -0.05) is 35.9 Å². The molecule has 0 bridgehead atoms. The van der Waals surface area contributed by atoms with Crippen LogP contribution >= 0.6 is 0 Å². The molecule has 2 amide bonds. The van der Waals surface area contributed by atoms with Gasteiger partial charge in [-0.15, -0.1) is 0 Å². The normalized spacial score (nSPS) is 18.9. The van der Waals surface area contributed by atoms with Crippen molar-refractivity contribution in [2.75, 3.05) is 19.9 Å². The molecule has 3 aliphatic rings. The number of carbonyl (C=O) groups is 2. The Morgan fingerprint density at radius 2 is 1.79 bits per heavy atom. The third-order valence-corrected chi connectivity index (χ3v) is 8.00. The van der Waals surface area contributed by atoms with Crippen LogP contribution in [0.3, 0.4) is 0 Å². The standard InChI is InChI=1S/C31H32N2O6/c34-25-16-29(39-26-17-28-27(15-24(25)26)37-19-38-28)31(36)32-13-12-20-8-10-21(11-9-20)23-6-2-1-5-22(23)18-33-14-4-3-7-30(33)35/h1-2,5-6,12,15-17,21H,3-4,7-11,13-14,18-19H2,(H,32,36). The van der Waals surface area contributed by atoms with E-state index >= 15 is 0 Å². The molecule has 1 saturated heterocycles. The maximum atomic E-state index is 12.7. The van der Waals surface area contributed by atoms with Gasteiger partial charge in [0.15, 0.2) is 22.7 Å². The molecule has 1 aliphatic carbocycles. The molecule has 0 atom stereocenters. The number of benzene rings is 2. The van der Waals surface area contributed by atoms with Gasteiger partial charge in [0, 0.05) is 38.2 Å². The van der Waals surface area contributed by atoms with E-state index in [4.69, 9.17) is 13.9 Å². The maximum absolute atomic E-state index is 12.7. The van der Waals surface area contributed by atoms with E-state index in [2.05, 4.69) is 35.7 Å². The smallest absolute Gasteiger partial charge is 0.287 e. The number of hydrogen-bond donors (Lipinski definition) is 1. The van der Waals surface area contributed by atoms with Crippen molar-refractivity contribution in [2.45, 2.75) is 57.4 Å². The number of likely N-dealkylation sites (tertiary alicyclic amines) is 1. The molecule has 1 N–H and O–H groups in total. The van der Waals surface area contributed by atoms with Gasteiger partial charge >= 0.3 is 0 Å². The molecule has 8 nitrogen and oxygen atoms in total. The van der Waals surface area contributed by atoms with Crippen molar-refractivity contribution < 1.29 is 23.5 Å². The predicted octanol–water partition coefficient (Wildman–Crippen LogP) is 5.05. The van der Waals surface area contributed by atoms with E-state index in [1.54, 1.807) is 12.1 Å². The summed E-state index contributed by atoms with van der Waals surface area (Å²) in [6, 6.07) is 12.9. The van der Waals surface area contributed by atoms with E-state index in [0.717, 1.165) is 45.1 Å². The molecule has 2 fully saturated rings. The summed E-state index contributed by atoms with van der Waals surface area (Å²) < 4.78 is 16.4. The highest BCUT2D eigenvalue weighted by molar-refractivity contribution is 5.93. The van der Waals surface area contributed by atoms with Crippen LogP contribution in [0.2, 0.25) is 0 Å². The van der Waals surface area contributed by atoms with Crippen LogP contribution in [0.25, 0.3) is 11.0 Å². The Kier molecular flexibility index (Phi) is 7.09. The molecule has 39 heavy (non-hydrogen) atoms. The molecular weight excluding hydrogens is 496 g/mol. The lowest BCUT2D eigenvalue weighted by Gasteiger charge is -2.30. The highest BCUT2D eigenvalue weighted by Gasteiger charge is 2.24. The molecule has 0 unspecified atom stereocenters. The van der Waals surface area contributed by atoms with Gasteiger partial charge in [0.25, 0.3) is 5.91 Å². The number of carbonyl (C=O) groups excluding carboxylic acids is 2. The van der Waals surface area contributed by atoms with Crippen molar-refractivity contribution in [1.82, 2.24) is 10.2 Å². The van der Waals surface area contributed by atoms with Crippen LogP contribution in [0.15, 0.2) is 63.3 Å². The first-order chi connectivity index (χ1) is 19.0. The third-order valence-electron chi connectivity index (χ3n) is 8.00. The molecule has 3 heterocycles. The minimum absolute atomic E-state index is 0.0303. The molecular formula is C31H32N2O6. The Morgan fingerprint density at radius 1 is 1.00 bits per heavy atom. The average molecular weight is 529 g/mol. The summed E-state index contributed by atoms with van der Waals surface area (Å²) in [5.41, 5.74) is 3.93. The fourth-order valence-electron chi connectivity index (χ4n) is 5.85. The summed E-state index contributed by atoms with van der Waals surface area (Å²) in [7, 11) is 0. The number of allylic oxidation sites excluding steroid dienone is 1. The molecule has 8 heteroatoms. The van der Waals surface area contributed by atoms with E-state index in [-0.39, 0.29) is 23.9 Å². The lowest BCUT2D eigenvalue weighted by Crippen LogP contribution is -2.35. The van der Waals surface area contributed by atoms with Gasteiger partial charge in [-0.05, 0) is 61.6 Å². The fourth-order valence-corrected chi connectivity index (χ4v) is 5.85. The molecule has 3 aromatic rings. The summed E-state index contributed by atoms with van der Waals surface area (Å²) in [5.74, 6) is 1.26. The van der Waals surface area contributed by atoms with Gasteiger partial charge in [-0.2, -0.15) is 0 Å². The molecule has 1 aromatic heterocycles. The van der Waals surface area contributed by atoms with Crippen LogP contribution in [0.4, 0.5) is 0 Å². The largest absolute Gasteiger partial charge is 0.454 e. The number of amides is 2. The Bertz CT molecular complexity index is 1500. The second-order valence-corrected chi connectivity index (χ2v) is 10.5. The van der Waals surface area contributed by atoms with Crippen LogP contribution in [-0.2, 0) is 11.3 Å². The van der Waals surface area contributed by atoms with Gasteiger partial charge in [0.1, 0.15) is 5.58 Å². The number of rotatable bonds is 6. The van der Waals surface area contributed by atoms with Gasteiger partial charge in [0.05, 0.1) is 5.39 Å². The highest BCUT2D eigenvalue weighted by atomic mass is 16.7. The van der Waals surface area contributed by atoms with Crippen LogP contribution in [0, 0.1) is 0 Å². The first kappa shape index (κ1) is 25.2. The van der Waals surface area contributed by atoms with Crippen LogP contribution in [0.5, 0.6) is 11.5 Å². The molecule has 2 aromatic carbocycles. The summed E-state index contributed by atoms with van der Waals surface area (Å²) in [6.07, 6.45) is 8.84. The lowest BCUT2D eigenvalue weighted by molar-refractivity contribution is -0.133. The zero-order chi connectivity index (χ0) is 26.8. The topological polar surface area (TPSA) is 98.1 Å². The minimum atomic E-state index is -0.432. The van der Waals surface area contributed by atoms with Crippen molar-refractivity contribution in [3.63, 3.8) is 0 Å². The number of piperidine rings is 1. The number of hydrogen-bond acceptors (Lipinski definition) is 6. The second-order valence-electron chi connectivity index (χ2n) is 10.5. The zero-order valence-corrected chi connectivity index (χ0v) is 21.9. The first-order valence-corrected chi connectivity index (χ1v) is 13.7. The monoisotopic (exact) mass is 528 g/mol. The number of nitrogens with one attached hydrogen (secondary N) is 1. The number of fused-ring (bicyclic) bond motifs is 2. The van der Waals surface area contributed by atoms with E-state index in [1.165, 1.54) is 22.8 Å². The van der Waals surface area contributed by atoms with Crippen molar-refractivity contribution in [2.24, 2.45) is 0 Å². The van der Waals surface area contributed by atoms with Crippen molar-refractivity contribution in [3.8, 4) is 11.5 Å². The van der Waals surface area contributed by atoms with Crippen LogP contribution in [0.1, 0.15) is 72.5 Å². The van der Waals surface area contributed by atoms with Crippen molar-refractivity contribution in [1.29, 1.82) is 0 Å². The summed E-state index contributed by atoms with van der Waals surface area (Å²) >= 11 is 0. The molecule has 0 radical (unpaired) electrons. The molecule has 0 spiro atoms. The quantitative estimate of drug-likeness (QED) is 0.450. The third kappa shape index (κ3) is 5.41. The van der Waals surface area contributed by atoms with E-state index in [0.29, 0.717) is 47.9 Å². The maximum Gasteiger partial charge on any atom is 0.287 e. The van der Waals surface area contributed by atoms with E-state index in [9.17, 15) is 14.4 Å². The van der Waals surface area contributed by atoms with Crippen molar-refractivity contribution >= 4 is 22.8 Å². The van der Waals surface area contributed by atoms with Gasteiger partial charge in [-0.3, -0.25) is 14.4 Å². The molecule has 2 aliphatic heterocycles. The predicted molar refractivity (Wildman–Crippen MR) is 146 cm³/mol. The van der Waals surface area contributed by atoms with Crippen LogP contribution in [-0.4, -0.2) is 36.6 Å². The van der Waals surface area contributed by atoms with E-state index in [1.807, 2.05) is 4.90 Å². The number of nitrogens with zero attached hydrogens (tertiary/aromatic N) is 1. The number of ether oxygens (including phenoxy) is 2. The Hall–Kier alpha value is -4.07. The molecule has 202 valence electrons. The minimum Gasteiger partial charge on any atom is -0.454 e. The summed E-state index contributed by atoms with van der Waals surface area (Å²) in [6.45, 7) is 2.02. The zero-order valence-electron chi connectivity index (χ0n) is 21.9. The molecule has 1 saturated carbocycles. The summed E-state index contributed by atoms with van der Waals surface area (Å²) in [5, 5.41) is 3.20. The van der Waals surface area contributed by atoms with E-state index < -0.39 is 5.91 Å². The second kappa shape index (κ2) is 11.0. The Morgan fingerprint density at radius 3 is 2.62 bits per heavy atom. The van der Waals surface area contributed by atoms with Gasteiger partial charge in [-0.25, -0.2) is 0 Å². The Balaban J connectivity index is 1.05. The summed E-state index contributed by atoms with van der Waals surface area (Å²) in [4.78, 5) is 39.6. The van der Waals surface area contributed by atoms with Gasteiger partial charge < -0.3 is 24.1 Å². The Labute approximate surface area is 226 Å². The molecule has 6 rings (SSSR count). The fraction of sp³-hybridized carbons (Fsp3) is 0.387. The van der Waals surface area contributed by atoms with Crippen molar-refractivity contribution in [3.05, 3.63) is 81.2 Å². The lowest BCUT2D eigenvalue weighted by atomic mass is 9.79. The first-order valence-electron chi connectivity index (χ1n) is 13.7. The average Bonchev–Trinajstić information content (AvgIpc) is 3.41. The van der Waals surface area contributed by atoms with Gasteiger partial charge in [0.2, 0.25) is 12.7 Å². The van der Waals surface area contributed by atoms with Crippen LogP contribution < -0.4 is 20.2 Å². The highest BCUT2D eigenvalue weighted by Crippen LogP contribution is 2.38. The SMILES string of the molecule is O=C(NCC=C1CCC(c2ccccc2CN2CCCCC2=O)CC1)c1cc(=O)c2cc3c(cc2o1)OCO3.